The summed E-state index contributed by atoms with van der Waals surface area (Å²) < 4.78 is 77.9. The number of rotatable bonds is 8. The summed E-state index contributed by atoms with van der Waals surface area (Å²) in [5.41, 5.74) is 2.12. The summed E-state index contributed by atoms with van der Waals surface area (Å²) in [6, 6.07) is 6.41. The molecule has 340 valence electrons. The lowest BCUT2D eigenvalue weighted by Gasteiger charge is -2.34. The molecule has 2 aromatic carbocycles. The van der Waals surface area contributed by atoms with E-state index < -0.39 is 96.8 Å². The van der Waals surface area contributed by atoms with Crippen molar-refractivity contribution in [1.82, 2.24) is 44.9 Å². The molecular weight excluding hydrogens is 843 g/mol. The number of H-pyrrole nitrogens is 2. The van der Waals surface area contributed by atoms with Crippen LogP contribution in [0.1, 0.15) is 78.1 Å². The molecule has 2 saturated heterocycles. The number of methoxy groups -OCH3 is 2. The van der Waals surface area contributed by atoms with Gasteiger partial charge in [-0.15, -0.1) is 0 Å². The third-order valence-corrected chi connectivity index (χ3v) is 11.9. The van der Waals surface area contributed by atoms with Gasteiger partial charge in [-0.3, -0.25) is 9.59 Å². The lowest BCUT2D eigenvalue weighted by molar-refractivity contribution is -0.139. The van der Waals surface area contributed by atoms with E-state index in [1.165, 1.54) is 12.4 Å². The number of imidazole rings is 2. The minimum absolute atomic E-state index is 0.155. The molecular formula is C44H49F4N9O7. The fourth-order valence-corrected chi connectivity index (χ4v) is 8.69. The van der Waals surface area contributed by atoms with Crippen molar-refractivity contribution in [3.05, 3.63) is 66.6 Å². The van der Waals surface area contributed by atoms with E-state index >= 15 is 17.6 Å². The van der Waals surface area contributed by atoms with Crippen LogP contribution in [0.5, 0.6) is 11.5 Å². The van der Waals surface area contributed by atoms with E-state index in [1.807, 2.05) is 35.0 Å². The Morgan fingerprint density at radius 2 is 1.27 bits per heavy atom. The Balaban J connectivity index is 1.05. The molecule has 3 aliphatic heterocycles. The second-order valence-electron chi connectivity index (χ2n) is 18.7. The van der Waals surface area contributed by atoms with Crippen LogP contribution >= 0.6 is 0 Å². The minimum Gasteiger partial charge on any atom is -0.453 e. The summed E-state index contributed by atoms with van der Waals surface area (Å²) in [7, 11) is 2.31. The minimum atomic E-state index is -3.20. The summed E-state index contributed by atoms with van der Waals surface area (Å²) in [5, 5.41) is 5.78. The zero-order chi connectivity index (χ0) is 46.3. The van der Waals surface area contributed by atoms with Gasteiger partial charge < -0.3 is 49.2 Å². The predicted molar refractivity (Wildman–Crippen MR) is 224 cm³/mol. The van der Waals surface area contributed by atoms with Crippen molar-refractivity contribution in [3.8, 4) is 39.7 Å². The van der Waals surface area contributed by atoms with Gasteiger partial charge in [-0.05, 0) is 41.2 Å². The largest absolute Gasteiger partial charge is 0.453 e. The summed E-state index contributed by atoms with van der Waals surface area (Å²) in [6.45, 7) is 8.59. The smallest absolute Gasteiger partial charge is 0.407 e. The van der Waals surface area contributed by atoms with Crippen LogP contribution in [-0.2, 0) is 19.1 Å². The summed E-state index contributed by atoms with van der Waals surface area (Å²) in [6.07, 6.45) is 1.86. The maximum absolute atomic E-state index is 15.1. The maximum atomic E-state index is 15.1. The Morgan fingerprint density at radius 1 is 0.750 bits per heavy atom. The first-order chi connectivity index (χ1) is 30.0. The van der Waals surface area contributed by atoms with E-state index in [4.69, 9.17) is 14.2 Å². The van der Waals surface area contributed by atoms with Crippen LogP contribution in [0.3, 0.4) is 0 Å². The molecule has 64 heavy (non-hydrogen) atoms. The van der Waals surface area contributed by atoms with Gasteiger partial charge in [0.2, 0.25) is 11.8 Å². The van der Waals surface area contributed by atoms with E-state index in [9.17, 15) is 19.2 Å². The van der Waals surface area contributed by atoms with E-state index in [-0.39, 0.29) is 11.6 Å². The number of aromatic nitrogens is 5. The van der Waals surface area contributed by atoms with Gasteiger partial charge in [-0.25, -0.2) is 37.1 Å². The molecule has 8 rings (SSSR count). The summed E-state index contributed by atoms with van der Waals surface area (Å²) in [4.78, 5) is 69.3. The van der Waals surface area contributed by atoms with Gasteiger partial charge >= 0.3 is 12.2 Å². The molecule has 0 radical (unpaired) electrons. The Morgan fingerprint density at radius 3 is 1.78 bits per heavy atom. The van der Waals surface area contributed by atoms with Crippen molar-refractivity contribution in [1.29, 1.82) is 0 Å². The Hall–Kier alpha value is -6.60. The zero-order valence-corrected chi connectivity index (χ0v) is 36.4. The number of hydrogen-bond donors (Lipinski definition) is 4. The summed E-state index contributed by atoms with van der Waals surface area (Å²) in [5.74, 6) is -6.45. The van der Waals surface area contributed by atoms with Crippen molar-refractivity contribution < 1.29 is 51.0 Å². The van der Waals surface area contributed by atoms with Gasteiger partial charge in [0.1, 0.15) is 23.7 Å². The fraction of sp³-hybridized carbons (Fsp3) is 0.455. The molecule has 16 nitrogen and oxygen atoms in total. The van der Waals surface area contributed by atoms with Gasteiger partial charge in [0.05, 0.1) is 74.4 Å². The number of alkyl carbamates (subject to hydrolysis) is 2. The van der Waals surface area contributed by atoms with Crippen LogP contribution in [0.2, 0.25) is 0 Å². The number of hydrogen-bond acceptors (Lipinski definition) is 9. The topological polar surface area (TPSA) is 189 Å². The highest BCUT2D eigenvalue weighted by molar-refractivity contribution is 6.00. The lowest BCUT2D eigenvalue weighted by Crippen LogP contribution is -2.55. The first-order valence-electron chi connectivity index (χ1n) is 20.6. The SMILES string of the molecule is COC(=O)N[C@H](C(=O)N1CC(F)(F)C[C@H]1c1ncc(-c2ccc3c(c2)Oc2ccc(-c4cnc([C@@H]5CC(F)(F)CN5C(=O)[C@@H](NC(=O)OC)C(C)(C)C)[nH]4)c4ccn-3c24)[nH]1)C(C)(C)C. The quantitative estimate of drug-likeness (QED) is 0.110. The Bertz CT molecular complexity index is 2660. The first kappa shape index (κ1) is 44.0. The molecule has 5 aromatic rings. The lowest BCUT2D eigenvalue weighted by atomic mass is 9.85. The Kier molecular flexibility index (Phi) is 10.7. The van der Waals surface area contributed by atoms with E-state index in [0.29, 0.717) is 39.7 Å². The number of ether oxygens (including phenoxy) is 3. The highest BCUT2D eigenvalue weighted by Gasteiger charge is 2.53. The van der Waals surface area contributed by atoms with Crippen molar-refractivity contribution >= 4 is 34.9 Å². The molecule has 4 atom stereocenters. The zero-order valence-electron chi connectivity index (χ0n) is 36.4. The molecule has 4 amide bonds. The highest BCUT2D eigenvalue weighted by atomic mass is 19.3. The van der Waals surface area contributed by atoms with Crippen LogP contribution in [0.4, 0.5) is 27.2 Å². The number of benzene rings is 2. The van der Waals surface area contributed by atoms with Gasteiger partial charge in [-0.2, -0.15) is 0 Å². The summed E-state index contributed by atoms with van der Waals surface area (Å²) >= 11 is 0. The van der Waals surface area contributed by atoms with Crippen LogP contribution in [-0.4, -0.2) is 110 Å². The number of fused-ring (bicyclic) bond motifs is 2. The third-order valence-electron chi connectivity index (χ3n) is 11.9. The van der Waals surface area contributed by atoms with E-state index in [2.05, 4.69) is 30.6 Å². The molecule has 3 aliphatic rings. The van der Waals surface area contributed by atoms with Crippen molar-refractivity contribution in [2.75, 3.05) is 27.3 Å². The number of carbonyl (C=O) groups excluding carboxylic acids is 4. The average Bonchev–Trinajstić information content (AvgIpc) is 4.07. The van der Waals surface area contributed by atoms with Crippen LogP contribution in [0.25, 0.3) is 39.1 Å². The first-order valence-corrected chi connectivity index (χ1v) is 20.6. The number of halogens is 4. The molecule has 0 unspecified atom stereocenters. The molecule has 4 N–H and O–H groups in total. The number of amides is 4. The number of likely N-dealkylation sites (tertiary alicyclic amines) is 2. The molecule has 0 bridgehead atoms. The monoisotopic (exact) mass is 891 g/mol. The number of nitrogens with zero attached hydrogens (tertiary/aromatic N) is 5. The molecule has 3 aromatic heterocycles. The van der Waals surface area contributed by atoms with E-state index in [1.54, 1.807) is 53.7 Å². The Labute approximate surface area is 365 Å². The van der Waals surface area contributed by atoms with Crippen molar-refractivity contribution in [2.24, 2.45) is 10.8 Å². The van der Waals surface area contributed by atoms with Crippen LogP contribution in [0, 0.1) is 10.8 Å². The average molecular weight is 892 g/mol. The third kappa shape index (κ3) is 8.09. The standard InChI is InChI=1S/C44H49F4N9O7/c1-41(2,3)33(53-39(60)62-7)37(58)56-20-43(45,46)16-28(56)35-49-18-25(51-35)22-9-11-27-31(15-22)64-30-12-10-23(24-13-14-55(27)32(24)30)26-19-50-36(52-26)29-17-44(47,48)21-57(29)38(59)34(42(4,5)6)54-40(61)63-8/h9-15,18-19,28-29,33-34H,16-17,20-21H2,1-8H3,(H,49,51)(H,50,52)(H,53,60)(H,54,61)/t28-,29-,33+,34+/m0/s1. The van der Waals surface area contributed by atoms with Gasteiger partial charge in [0, 0.05) is 35.6 Å². The van der Waals surface area contributed by atoms with Gasteiger partial charge in [-0.1, -0.05) is 47.6 Å². The number of nitrogens with one attached hydrogen (secondary N) is 4. The second kappa shape index (κ2) is 15.6. The second-order valence-corrected chi connectivity index (χ2v) is 18.7. The molecule has 2 fully saturated rings. The van der Waals surface area contributed by atoms with Crippen molar-refractivity contribution in [3.63, 3.8) is 0 Å². The maximum Gasteiger partial charge on any atom is 0.407 e. The normalized spacial score (nSPS) is 19.8. The van der Waals surface area contributed by atoms with Crippen LogP contribution in [0.15, 0.2) is 55.0 Å². The predicted octanol–water partition coefficient (Wildman–Crippen LogP) is 7.88. The molecule has 0 spiro atoms. The van der Waals surface area contributed by atoms with Gasteiger partial charge in [0.25, 0.3) is 11.8 Å². The van der Waals surface area contributed by atoms with Crippen LogP contribution < -0.4 is 15.4 Å². The van der Waals surface area contributed by atoms with Gasteiger partial charge in [0.15, 0.2) is 11.5 Å². The highest BCUT2D eigenvalue weighted by Crippen LogP contribution is 2.47. The number of carbonyl (C=O) groups is 4. The van der Waals surface area contributed by atoms with E-state index in [0.717, 1.165) is 34.9 Å². The number of alkyl halides is 4. The van der Waals surface area contributed by atoms with Crippen molar-refractivity contribution in [2.45, 2.75) is 90.4 Å². The molecule has 0 saturated carbocycles. The molecule has 20 heteroatoms. The number of aromatic amines is 2. The molecule has 0 aliphatic carbocycles. The molecule has 6 heterocycles. The fourth-order valence-electron chi connectivity index (χ4n) is 8.69.